The fourth-order valence-electron chi connectivity index (χ4n) is 4.20. The third-order valence-electron chi connectivity index (χ3n) is 6.13. The number of fused-ring (bicyclic) bond motifs is 1. The SMILES string of the molecule is COc1cc2nc(N3CCC(Cc4ccc(F)cc4)(C(=O)O)CC3)nc(N)c2cc1OC. The lowest BCUT2D eigenvalue weighted by molar-refractivity contribution is -0.150. The van der Waals surface area contributed by atoms with Gasteiger partial charge in [-0.2, -0.15) is 4.98 Å². The summed E-state index contributed by atoms with van der Waals surface area (Å²) < 4.78 is 23.9. The van der Waals surface area contributed by atoms with Crippen molar-refractivity contribution in [1.29, 1.82) is 0 Å². The smallest absolute Gasteiger partial charge is 0.310 e. The number of aliphatic carboxylic acids is 1. The maximum absolute atomic E-state index is 13.2. The van der Waals surface area contributed by atoms with E-state index in [-0.39, 0.29) is 5.82 Å². The van der Waals surface area contributed by atoms with Gasteiger partial charge in [0.25, 0.3) is 0 Å². The van der Waals surface area contributed by atoms with Crippen LogP contribution in [0, 0.1) is 11.2 Å². The summed E-state index contributed by atoms with van der Waals surface area (Å²) in [5.41, 5.74) is 6.69. The monoisotopic (exact) mass is 440 g/mol. The first-order chi connectivity index (χ1) is 15.3. The number of hydrogen-bond donors (Lipinski definition) is 2. The van der Waals surface area contributed by atoms with E-state index in [0.29, 0.717) is 66.5 Å². The Morgan fingerprint density at radius 3 is 2.34 bits per heavy atom. The molecule has 2 heterocycles. The van der Waals surface area contributed by atoms with Crippen molar-refractivity contribution in [2.24, 2.45) is 5.41 Å². The van der Waals surface area contributed by atoms with E-state index in [2.05, 4.69) is 9.97 Å². The second kappa shape index (κ2) is 8.49. The minimum atomic E-state index is -0.923. The van der Waals surface area contributed by atoms with E-state index in [0.717, 1.165) is 5.56 Å². The van der Waals surface area contributed by atoms with E-state index >= 15 is 0 Å². The second-order valence-corrected chi connectivity index (χ2v) is 8.01. The molecular formula is C23H25FN4O4. The number of benzene rings is 2. The zero-order valence-electron chi connectivity index (χ0n) is 18.0. The van der Waals surface area contributed by atoms with Crippen molar-refractivity contribution in [2.75, 3.05) is 37.9 Å². The highest BCUT2D eigenvalue weighted by Gasteiger charge is 2.42. The van der Waals surface area contributed by atoms with Gasteiger partial charge in [0.2, 0.25) is 5.95 Å². The van der Waals surface area contributed by atoms with E-state index in [9.17, 15) is 14.3 Å². The molecule has 0 amide bonds. The average Bonchev–Trinajstić information content (AvgIpc) is 2.80. The van der Waals surface area contributed by atoms with Gasteiger partial charge in [-0.15, -0.1) is 0 Å². The number of ether oxygens (including phenoxy) is 2. The van der Waals surface area contributed by atoms with Crippen LogP contribution in [0.5, 0.6) is 11.5 Å². The van der Waals surface area contributed by atoms with Gasteiger partial charge in [-0.25, -0.2) is 9.37 Å². The lowest BCUT2D eigenvalue weighted by Crippen LogP contribution is -2.46. The van der Waals surface area contributed by atoms with Crippen molar-refractivity contribution in [3.05, 3.63) is 47.8 Å². The van der Waals surface area contributed by atoms with Crippen LogP contribution in [-0.2, 0) is 11.2 Å². The second-order valence-electron chi connectivity index (χ2n) is 8.01. The van der Waals surface area contributed by atoms with Gasteiger partial charge in [-0.1, -0.05) is 12.1 Å². The summed E-state index contributed by atoms with van der Waals surface area (Å²) in [4.78, 5) is 23.2. The first-order valence-corrected chi connectivity index (χ1v) is 10.3. The maximum atomic E-state index is 13.2. The highest BCUT2D eigenvalue weighted by Crippen LogP contribution is 2.38. The number of aromatic nitrogens is 2. The van der Waals surface area contributed by atoms with Gasteiger partial charge in [0.1, 0.15) is 11.6 Å². The highest BCUT2D eigenvalue weighted by molar-refractivity contribution is 5.91. The maximum Gasteiger partial charge on any atom is 0.310 e. The Balaban J connectivity index is 1.58. The molecule has 8 nitrogen and oxygen atoms in total. The molecule has 0 spiro atoms. The molecule has 1 fully saturated rings. The number of halogens is 1. The normalized spacial score (nSPS) is 15.5. The molecule has 0 atom stereocenters. The molecule has 3 aromatic rings. The van der Waals surface area contributed by atoms with Crippen LogP contribution in [-0.4, -0.2) is 48.4 Å². The third-order valence-corrected chi connectivity index (χ3v) is 6.13. The zero-order valence-corrected chi connectivity index (χ0v) is 18.0. The summed E-state index contributed by atoms with van der Waals surface area (Å²) in [6.07, 6.45) is 1.16. The molecule has 1 saturated heterocycles. The lowest BCUT2D eigenvalue weighted by atomic mass is 9.74. The van der Waals surface area contributed by atoms with Crippen LogP contribution in [0.3, 0.4) is 0 Å². The van der Waals surface area contributed by atoms with E-state index in [1.165, 1.54) is 12.1 Å². The molecule has 9 heteroatoms. The standard InChI is InChI=1S/C23H25FN4O4/c1-31-18-11-16-17(12-19(18)32-2)26-22(27-20(16)25)28-9-7-23(8-10-28,21(29)30)13-14-3-5-15(24)6-4-14/h3-6,11-12H,7-10,13H2,1-2H3,(H,29,30)(H2,25,26,27). The molecule has 0 radical (unpaired) electrons. The minimum absolute atomic E-state index is 0.312. The number of anilines is 2. The molecule has 3 N–H and O–H groups in total. The number of nitrogens with zero attached hydrogens (tertiary/aromatic N) is 3. The van der Waals surface area contributed by atoms with Crippen molar-refractivity contribution in [1.82, 2.24) is 9.97 Å². The van der Waals surface area contributed by atoms with Crippen LogP contribution in [0.2, 0.25) is 0 Å². The summed E-state index contributed by atoms with van der Waals surface area (Å²) >= 11 is 0. The molecule has 1 aliphatic heterocycles. The predicted molar refractivity (Wildman–Crippen MR) is 119 cm³/mol. The fraction of sp³-hybridized carbons (Fsp3) is 0.348. The van der Waals surface area contributed by atoms with Crippen LogP contribution in [0.15, 0.2) is 36.4 Å². The van der Waals surface area contributed by atoms with Gasteiger partial charge in [0.05, 0.1) is 25.2 Å². The number of nitrogens with two attached hydrogens (primary N) is 1. The zero-order chi connectivity index (χ0) is 22.9. The van der Waals surface area contributed by atoms with Gasteiger partial charge < -0.3 is 25.2 Å². The molecule has 32 heavy (non-hydrogen) atoms. The summed E-state index contributed by atoms with van der Waals surface area (Å²) in [5, 5.41) is 10.6. The number of piperidine rings is 1. The Hall–Kier alpha value is -3.62. The van der Waals surface area contributed by atoms with Gasteiger partial charge in [0.15, 0.2) is 11.5 Å². The van der Waals surface area contributed by atoms with Crippen molar-refractivity contribution < 1.29 is 23.8 Å². The molecule has 0 bridgehead atoms. The number of carbonyl (C=O) groups is 1. The number of methoxy groups -OCH3 is 2. The van der Waals surface area contributed by atoms with Crippen molar-refractivity contribution in [2.45, 2.75) is 19.3 Å². The molecule has 2 aromatic carbocycles. The Morgan fingerprint density at radius 1 is 1.12 bits per heavy atom. The van der Waals surface area contributed by atoms with Gasteiger partial charge in [0, 0.05) is 24.5 Å². The average molecular weight is 440 g/mol. The van der Waals surface area contributed by atoms with Crippen LogP contribution < -0.4 is 20.1 Å². The topological polar surface area (TPSA) is 111 Å². The molecule has 0 aliphatic carbocycles. The Morgan fingerprint density at radius 2 is 1.75 bits per heavy atom. The Kier molecular flexibility index (Phi) is 5.73. The van der Waals surface area contributed by atoms with Gasteiger partial charge >= 0.3 is 5.97 Å². The molecular weight excluding hydrogens is 415 g/mol. The summed E-state index contributed by atoms with van der Waals surface area (Å²) in [7, 11) is 3.09. The van der Waals surface area contributed by atoms with Crippen molar-refractivity contribution >= 4 is 28.6 Å². The molecule has 1 aromatic heterocycles. The van der Waals surface area contributed by atoms with Gasteiger partial charge in [-0.3, -0.25) is 4.79 Å². The van der Waals surface area contributed by atoms with E-state index in [1.807, 2.05) is 4.90 Å². The molecule has 1 aliphatic rings. The summed E-state index contributed by atoms with van der Waals surface area (Å²) in [6, 6.07) is 9.48. The van der Waals surface area contributed by atoms with Crippen molar-refractivity contribution in [3.8, 4) is 11.5 Å². The van der Waals surface area contributed by atoms with Crippen LogP contribution in [0.1, 0.15) is 18.4 Å². The van der Waals surface area contributed by atoms with E-state index < -0.39 is 11.4 Å². The summed E-state index contributed by atoms with van der Waals surface area (Å²) in [5.74, 6) is 0.640. The highest BCUT2D eigenvalue weighted by atomic mass is 19.1. The number of carboxylic acids is 1. The van der Waals surface area contributed by atoms with E-state index in [4.69, 9.17) is 15.2 Å². The summed E-state index contributed by atoms with van der Waals surface area (Å²) in [6.45, 7) is 0.928. The first-order valence-electron chi connectivity index (χ1n) is 10.3. The molecule has 168 valence electrons. The number of nitrogen functional groups attached to an aromatic ring is 1. The van der Waals surface area contributed by atoms with E-state index in [1.54, 1.807) is 38.5 Å². The minimum Gasteiger partial charge on any atom is -0.493 e. The number of hydrogen-bond acceptors (Lipinski definition) is 7. The lowest BCUT2D eigenvalue weighted by Gasteiger charge is -2.39. The third kappa shape index (κ3) is 3.98. The largest absolute Gasteiger partial charge is 0.493 e. The number of rotatable bonds is 6. The fourth-order valence-corrected chi connectivity index (χ4v) is 4.20. The number of carboxylic acid groups (broad SMARTS) is 1. The van der Waals surface area contributed by atoms with Gasteiger partial charge in [-0.05, 0) is 43.0 Å². The van der Waals surface area contributed by atoms with Crippen LogP contribution >= 0.6 is 0 Å². The van der Waals surface area contributed by atoms with Crippen molar-refractivity contribution in [3.63, 3.8) is 0 Å². The quantitative estimate of drug-likeness (QED) is 0.601. The molecule has 0 saturated carbocycles. The predicted octanol–water partition coefficient (Wildman–Crippen LogP) is 3.28. The molecule has 4 rings (SSSR count). The Bertz CT molecular complexity index is 1140. The molecule has 0 unspecified atom stereocenters. The first kappa shape index (κ1) is 21.6. The van der Waals surface area contributed by atoms with Crippen LogP contribution in [0.4, 0.5) is 16.2 Å². The Labute approximate surface area is 184 Å². The van der Waals surface area contributed by atoms with Crippen LogP contribution in [0.25, 0.3) is 10.9 Å².